The molecule has 102 valence electrons. The van der Waals surface area contributed by atoms with E-state index in [0.717, 1.165) is 20.5 Å². The molecule has 0 saturated heterocycles. The molecule has 1 heterocycles. The summed E-state index contributed by atoms with van der Waals surface area (Å²) < 4.78 is 28.2. The Morgan fingerprint density at radius 1 is 1.26 bits per heavy atom. The average Bonchev–Trinajstić information content (AvgIpc) is 2.75. The predicted molar refractivity (Wildman–Crippen MR) is 82.0 cm³/mol. The van der Waals surface area contributed by atoms with E-state index < -0.39 is 10.0 Å². The Bertz CT molecular complexity index is 692. The van der Waals surface area contributed by atoms with E-state index in [1.807, 2.05) is 30.5 Å². The number of halogens is 1. The molecule has 2 aromatic rings. The van der Waals surface area contributed by atoms with Crippen LogP contribution in [-0.2, 0) is 16.6 Å². The van der Waals surface area contributed by atoms with E-state index in [0.29, 0.717) is 11.4 Å². The van der Waals surface area contributed by atoms with E-state index in [4.69, 9.17) is 0 Å². The number of hydrogen-bond acceptors (Lipinski definition) is 3. The van der Waals surface area contributed by atoms with Gasteiger partial charge in [0.25, 0.3) is 0 Å². The number of hydrogen-bond donors (Lipinski definition) is 1. The normalized spacial score (nSPS) is 11.7. The van der Waals surface area contributed by atoms with Gasteiger partial charge in [-0.1, -0.05) is 12.1 Å². The van der Waals surface area contributed by atoms with Crippen LogP contribution in [0.1, 0.15) is 16.0 Å². The molecule has 0 aliphatic heterocycles. The summed E-state index contributed by atoms with van der Waals surface area (Å²) in [7, 11) is -3.47. The van der Waals surface area contributed by atoms with Crippen LogP contribution in [0.5, 0.6) is 0 Å². The van der Waals surface area contributed by atoms with Gasteiger partial charge in [0.2, 0.25) is 10.0 Å². The zero-order valence-electron chi connectivity index (χ0n) is 10.6. The van der Waals surface area contributed by atoms with E-state index >= 15 is 0 Å². The first-order valence-corrected chi connectivity index (χ1v) is 8.84. The first kappa shape index (κ1) is 14.7. The van der Waals surface area contributed by atoms with Crippen molar-refractivity contribution in [3.05, 3.63) is 50.1 Å². The van der Waals surface area contributed by atoms with Crippen molar-refractivity contribution < 1.29 is 8.42 Å². The van der Waals surface area contributed by atoms with Gasteiger partial charge in [-0.05, 0) is 58.4 Å². The van der Waals surface area contributed by atoms with Crippen molar-refractivity contribution in [2.24, 2.45) is 0 Å². The first-order valence-electron chi connectivity index (χ1n) is 5.69. The van der Waals surface area contributed by atoms with Crippen LogP contribution in [0.3, 0.4) is 0 Å². The number of sulfonamides is 1. The molecule has 0 unspecified atom stereocenters. The molecule has 0 saturated carbocycles. The standard InChI is InChI=1S/C13H14BrNO2S2/c1-9-3-4-10(2)13(7-9)19(16,17)15-8-12-11(14)5-6-18-12/h3-7,15H,8H2,1-2H3. The Morgan fingerprint density at radius 3 is 2.63 bits per heavy atom. The van der Waals surface area contributed by atoms with Gasteiger partial charge in [-0.15, -0.1) is 11.3 Å². The van der Waals surface area contributed by atoms with E-state index in [1.165, 1.54) is 11.3 Å². The molecule has 0 spiro atoms. The molecule has 0 atom stereocenters. The monoisotopic (exact) mass is 359 g/mol. The van der Waals surface area contributed by atoms with Crippen LogP contribution in [0.2, 0.25) is 0 Å². The lowest BCUT2D eigenvalue weighted by atomic mass is 10.2. The highest BCUT2D eigenvalue weighted by Crippen LogP contribution is 2.23. The quantitative estimate of drug-likeness (QED) is 0.906. The molecule has 0 amide bonds. The van der Waals surface area contributed by atoms with Gasteiger partial charge in [0.05, 0.1) is 4.90 Å². The number of rotatable bonds is 4. The fourth-order valence-electron chi connectivity index (χ4n) is 1.69. The third-order valence-corrected chi connectivity index (χ3v) is 6.22. The number of benzene rings is 1. The van der Waals surface area contributed by atoms with Gasteiger partial charge >= 0.3 is 0 Å². The topological polar surface area (TPSA) is 46.2 Å². The molecule has 6 heteroatoms. The summed E-state index contributed by atoms with van der Waals surface area (Å²) in [5, 5.41) is 1.92. The van der Waals surface area contributed by atoms with Crippen LogP contribution < -0.4 is 4.72 Å². The average molecular weight is 360 g/mol. The minimum absolute atomic E-state index is 0.300. The third-order valence-electron chi connectivity index (χ3n) is 2.75. The molecule has 0 radical (unpaired) electrons. The molecule has 1 aromatic heterocycles. The lowest BCUT2D eigenvalue weighted by molar-refractivity contribution is 0.581. The highest BCUT2D eigenvalue weighted by Gasteiger charge is 2.17. The summed E-state index contributed by atoms with van der Waals surface area (Å²) >= 11 is 4.91. The van der Waals surface area contributed by atoms with E-state index in [9.17, 15) is 8.42 Å². The van der Waals surface area contributed by atoms with Crippen LogP contribution in [0.4, 0.5) is 0 Å². The first-order chi connectivity index (χ1) is 8.90. The zero-order chi connectivity index (χ0) is 14.0. The van der Waals surface area contributed by atoms with E-state index in [1.54, 1.807) is 13.0 Å². The maximum atomic E-state index is 12.3. The fraction of sp³-hybridized carbons (Fsp3) is 0.231. The summed E-state index contributed by atoms with van der Waals surface area (Å²) in [6, 6.07) is 7.34. The van der Waals surface area contributed by atoms with Crippen LogP contribution >= 0.6 is 27.3 Å². The summed E-state index contributed by atoms with van der Waals surface area (Å²) in [6.45, 7) is 3.98. The minimum atomic E-state index is -3.47. The van der Waals surface area contributed by atoms with Crippen molar-refractivity contribution in [3.8, 4) is 0 Å². The van der Waals surface area contributed by atoms with Gasteiger partial charge in [0.15, 0.2) is 0 Å². The second kappa shape index (κ2) is 5.75. The SMILES string of the molecule is Cc1ccc(C)c(S(=O)(=O)NCc2sccc2Br)c1. The predicted octanol–water partition coefficient (Wildman–Crippen LogP) is 3.61. The molecule has 1 N–H and O–H groups in total. The fourth-order valence-corrected chi connectivity index (χ4v) is 4.53. The van der Waals surface area contributed by atoms with Gasteiger partial charge < -0.3 is 0 Å². The van der Waals surface area contributed by atoms with Crippen LogP contribution in [-0.4, -0.2) is 8.42 Å². The molecule has 1 aromatic carbocycles. The maximum absolute atomic E-state index is 12.3. The van der Waals surface area contributed by atoms with Gasteiger partial charge in [0, 0.05) is 15.9 Å². The molecule has 0 aliphatic rings. The van der Waals surface area contributed by atoms with Crippen molar-refractivity contribution in [1.29, 1.82) is 0 Å². The van der Waals surface area contributed by atoms with Crippen LogP contribution in [0.25, 0.3) is 0 Å². The van der Waals surface area contributed by atoms with Gasteiger partial charge in [-0.2, -0.15) is 0 Å². The Hall–Kier alpha value is -0.690. The Morgan fingerprint density at radius 2 is 2.00 bits per heavy atom. The second-order valence-electron chi connectivity index (χ2n) is 4.29. The van der Waals surface area contributed by atoms with E-state index in [2.05, 4.69) is 20.7 Å². The lowest BCUT2D eigenvalue weighted by Gasteiger charge is -2.09. The van der Waals surface area contributed by atoms with Gasteiger partial charge in [-0.25, -0.2) is 13.1 Å². The molecule has 3 nitrogen and oxygen atoms in total. The summed E-state index contributed by atoms with van der Waals surface area (Å²) in [6.07, 6.45) is 0. The van der Waals surface area contributed by atoms with E-state index in [-0.39, 0.29) is 0 Å². The van der Waals surface area contributed by atoms with Crippen molar-refractivity contribution >= 4 is 37.3 Å². The van der Waals surface area contributed by atoms with Crippen molar-refractivity contribution in [1.82, 2.24) is 4.72 Å². The smallest absolute Gasteiger partial charge is 0.207 e. The van der Waals surface area contributed by atoms with Crippen molar-refractivity contribution in [3.63, 3.8) is 0 Å². The number of nitrogens with one attached hydrogen (secondary N) is 1. The molecule has 2 rings (SSSR count). The van der Waals surface area contributed by atoms with Crippen molar-refractivity contribution in [2.45, 2.75) is 25.3 Å². The van der Waals surface area contributed by atoms with Crippen LogP contribution in [0.15, 0.2) is 39.0 Å². The summed E-state index contributed by atoms with van der Waals surface area (Å²) in [4.78, 5) is 1.31. The number of aryl methyl sites for hydroxylation is 2. The molecule has 0 aliphatic carbocycles. The minimum Gasteiger partial charge on any atom is -0.207 e. The van der Waals surface area contributed by atoms with Crippen LogP contribution in [0, 0.1) is 13.8 Å². The van der Waals surface area contributed by atoms with Crippen molar-refractivity contribution in [2.75, 3.05) is 0 Å². The number of thiophene rings is 1. The second-order valence-corrected chi connectivity index (χ2v) is 7.88. The molecular weight excluding hydrogens is 346 g/mol. The summed E-state index contributed by atoms with van der Waals surface area (Å²) in [5.41, 5.74) is 1.69. The Balaban J connectivity index is 2.23. The highest BCUT2D eigenvalue weighted by molar-refractivity contribution is 9.10. The molecular formula is C13H14BrNO2S2. The molecule has 0 bridgehead atoms. The Labute approximate surface area is 125 Å². The molecule has 19 heavy (non-hydrogen) atoms. The highest BCUT2D eigenvalue weighted by atomic mass is 79.9. The largest absolute Gasteiger partial charge is 0.241 e. The van der Waals surface area contributed by atoms with Gasteiger partial charge in [0.1, 0.15) is 0 Å². The Kier molecular flexibility index (Phi) is 4.45. The lowest BCUT2D eigenvalue weighted by Crippen LogP contribution is -2.23. The maximum Gasteiger partial charge on any atom is 0.241 e. The molecule has 0 fully saturated rings. The zero-order valence-corrected chi connectivity index (χ0v) is 13.8. The summed E-state index contributed by atoms with van der Waals surface area (Å²) in [5.74, 6) is 0. The third kappa shape index (κ3) is 3.45. The van der Waals surface area contributed by atoms with Gasteiger partial charge in [-0.3, -0.25) is 0 Å².